The zero-order valence-electron chi connectivity index (χ0n) is 20.0. The normalized spacial score (nSPS) is 14.1. The van der Waals surface area contributed by atoms with E-state index >= 15 is 0 Å². The lowest BCUT2D eigenvalue weighted by Gasteiger charge is -2.36. The van der Waals surface area contributed by atoms with E-state index in [4.69, 9.17) is 0 Å². The van der Waals surface area contributed by atoms with Crippen LogP contribution in [0.4, 0.5) is 11.4 Å². The van der Waals surface area contributed by atoms with Crippen LogP contribution in [0.3, 0.4) is 0 Å². The molecule has 0 atom stereocenters. The van der Waals surface area contributed by atoms with Gasteiger partial charge < -0.3 is 9.80 Å². The van der Waals surface area contributed by atoms with Crippen LogP contribution in [0.5, 0.6) is 0 Å². The van der Waals surface area contributed by atoms with Gasteiger partial charge in [-0.05, 0) is 54.4 Å². The van der Waals surface area contributed by atoms with Crippen LogP contribution in [-0.4, -0.2) is 55.4 Å². The minimum atomic E-state index is -3.85. The number of anilines is 2. The average molecular weight is 502 g/mol. The van der Waals surface area contributed by atoms with E-state index in [1.165, 1.54) is 11.6 Å². The quantitative estimate of drug-likeness (QED) is 0.430. The van der Waals surface area contributed by atoms with E-state index in [0.29, 0.717) is 29.9 Å². The van der Waals surface area contributed by atoms with Gasteiger partial charge in [0.25, 0.3) is 15.9 Å². The van der Waals surface area contributed by atoms with Crippen molar-refractivity contribution in [1.29, 1.82) is 0 Å². The Bertz CT molecular complexity index is 1490. The molecule has 3 heterocycles. The van der Waals surface area contributed by atoms with Crippen LogP contribution >= 0.6 is 0 Å². The van der Waals surface area contributed by atoms with Gasteiger partial charge >= 0.3 is 0 Å². The highest BCUT2D eigenvalue weighted by Gasteiger charge is 2.23. The van der Waals surface area contributed by atoms with Crippen LogP contribution < -0.4 is 9.62 Å². The number of benzene rings is 2. The van der Waals surface area contributed by atoms with Crippen LogP contribution in [-0.2, 0) is 16.4 Å². The number of aryl methyl sites for hydroxylation is 1. The molecule has 2 aromatic heterocycles. The summed E-state index contributed by atoms with van der Waals surface area (Å²) in [6.45, 7) is 4.79. The number of nitrogens with zero attached hydrogens (tertiary/aromatic N) is 4. The number of carbonyl (C=O) groups excluding carboxylic acids is 1. The standard InChI is InChI=1S/C27H27N5O3S/c1-2-20-17-24(19-28-18-20)31-13-15-32(16-14-31)27(33)22-8-10-23(11-9-22)30-36(34,35)25-7-3-5-21-6-4-12-29-26(21)25/h3-12,17-19,30H,2,13-16H2,1H3. The number of sulfonamides is 1. The van der Waals surface area contributed by atoms with Crippen LogP contribution in [0.1, 0.15) is 22.8 Å². The Kier molecular flexibility index (Phi) is 6.56. The molecule has 4 aromatic rings. The molecule has 1 amide bonds. The van der Waals surface area contributed by atoms with Crippen molar-refractivity contribution in [2.45, 2.75) is 18.2 Å². The Morgan fingerprint density at radius 2 is 1.72 bits per heavy atom. The second kappa shape index (κ2) is 9.94. The van der Waals surface area contributed by atoms with Crippen molar-refractivity contribution in [3.63, 3.8) is 0 Å². The Hall–Kier alpha value is -3.98. The summed E-state index contributed by atoms with van der Waals surface area (Å²) >= 11 is 0. The average Bonchev–Trinajstić information content (AvgIpc) is 2.92. The van der Waals surface area contributed by atoms with Gasteiger partial charge in [-0.1, -0.05) is 25.1 Å². The Balaban J connectivity index is 1.24. The summed E-state index contributed by atoms with van der Waals surface area (Å²) < 4.78 is 28.7. The third-order valence-corrected chi connectivity index (χ3v) is 7.80. The van der Waals surface area contributed by atoms with Crippen molar-refractivity contribution in [3.05, 3.63) is 90.4 Å². The number of carbonyl (C=O) groups is 1. The van der Waals surface area contributed by atoms with E-state index in [0.717, 1.165) is 30.6 Å². The lowest BCUT2D eigenvalue weighted by molar-refractivity contribution is 0.0747. The van der Waals surface area contributed by atoms with Gasteiger partial charge in [0.2, 0.25) is 0 Å². The number of aromatic nitrogens is 2. The summed E-state index contributed by atoms with van der Waals surface area (Å²) in [4.78, 5) is 25.8. The number of hydrogen-bond acceptors (Lipinski definition) is 6. The van der Waals surface area contributed by atoms with Gasteiger partial charge in [0.05, 0.1) is 17.4 Å². The molecule has 0 unspecified atom stereocenters. The maximum Gasteiger partial charge on any atom is 0.264 e. The number of rotatable bonds is 6. The summed E-state index contributed by atoms with van der Waals surface area (Å²) in [6.07, 6.45) is 6.25. The molecule has 1 N–H and O–H groups in total. The van der Waals surface area contributed by atoms with Crippen LogP contribution in [0.2, 0.25) is 0 Å². The summed E-state index contributed by atoms with van der Waals surface area (Å²) in [7, 11) is -3.85. The molecule has 2 aromatic carbocycles. The van der Waals surface area contributed by atoms with Gasteiger partial charge in [0.1, 0.15) is 4.90 Å². The first-order valence-electron chi connectivity index (χ1n) is 11.9. The van der Waals surface area contributed by atoms with E-state index in [9.17, 15) is 13.2 Å². The van der Waals surface area contributed by atoms with Gasteiger partial charge in [0, 0.05) is 55.2 Å². The molecule has 36 heavy (non-hydrogen) atoms. The molecule has 1 saturated heterocycles. The molecule has 1 fully saturated rings. The maximum atomic E-state index is 13.1. The summed E-state index contributed by atoms with van der Waals surface area (Å²) in [5, 5.41) is 0.746. The molecule has 1 aliphatic heterocycles. The molecule has 8 nitrogen and oxygen atoms in total. The third-order valence-electron chi connectivity index (χ3n) is 6.39. The summed E-state index contributed by atoms with van der Waals surface area (Å²) in [5.74, 6) is -0.0669. The van der Waals surface area contributed by atoms with Crippen LogP contribution in [0, 0.1) is 0 Å². The lowest BCUT2D eigenvalue weighted by Crippen LogP contribution is -2.48. The molecular weight excluding hydrogens is 474 g/mol. The first-order valence-corrected chi connectivity index (χ1v) is 13.4. The molecule has 1 aliphatic rings. The Labute approximate surface area is 210 Å². The predicted molar refractivity (Wildman–Crippen MR) is 141 cm³/mol. The number of piperazine rings is 1. The van der Waals surface area contributed by atoms with E-state index in [1.807, 2.05) is 29.4 Å². The van der Waals surface area contributed by atoms with Crippen molar-refractivity contribution in [3.8, 4) is 0 Å². The van der Waals surface area contributed by atoms with E-state index in [2.05, 4.69) is 32.6 Å². The highest BCUT2D eigenvalue weighted by Crippen LogP contribution is 2.24. The molecule has 0 saturated carbocycles. The number of pyridine rings is 2. The zero-order chi connectivity index (χ0) is 25.1. The summed E-state index contributed by atoms with van der Waals surface area (Å²) in [6, 6.07) is 17.3. The largest absolute Gasteiger partial charge is 0.367 e. The fourth-order valence-electron chi connectivity index (χ4n) is 4.37. The van der Waals surface area contributed by atoms with Crippen LogP contribution in [0.15, 0.2) is 84.1 Å². The topological polar surface area (TPSA) is 95.5 Å². The van der Waals surface area contributed by atoms with Gasteiger partial charge in [-0.15, -0.1) is 0 Å². The molecule has 0 spiro atoms. The zero-order valence-corrected chi connectivity index (χ0v) is 20.8. The monoisotopic (exact) mass is 501 g/mol. The summed E-state index contributed by atoms with van der Waals surface area (Å²) in [5.41, 5.74) is 3.59. The molecule has 0 bridgehead atoms. The van der Waals surface area contributed by atoms with Crippen molar-refractivity contribution >= 4 is 38.2 Å². The number of nitrogens with one attached hydrogen (secondary N) is 1. The van der Waals surface area contributed by atoms with Gasteiger partial charge in [-0.3, -0.25) is 19.5 Å². The fraction of sp³-hybridized carbons (Fsp3) is 0.222. The number of hydrogen-bond donors (Lipinski definition) is 1. The van der Waals surface area contributed by atoms with Crippen molar-refractivity contribution in [2.75, 3.05) is 35.8 Å². The minimum absolute atomic E-state index is 0.0669. The Morgan fingerprint density at radius 3 is 2.47 bits per heavy atom. The van der Waals surface area contributed by atoms with E-state index in [1.54, 1.807) is 42.6 Å². The first-order chi connectivity index (χ1) is 17.4. The number of fused-ring (bicyclic) bond motifs is 1. The lowest BCUT2D eigenvalue weighted by atomic mass is 10.1. The molecule has 0 radical (unpaired) electrons. The number of amides is 1. The second-order valence-electron chi connectivity index (χ2n) is 8.70. The molecule has 184 valence electrons. The predicted octanol–water partition coefficient (Wildman–Crippen LogP) is 3.96. The van der Waals surface area contributed by atoms with Gasteiger partial charge in [-0.2, -0.15) is 0 Å². The van der Waals surface area contributed by atoms with Gasteiger partial charge in [-0.25, -0.2) is 8.42 Å². The smallest absolute Gasteiger partial charge is 0.264 e. The SMILES string of the molecule is CCc1cncc(N2CCN(C(=O)c3ccc(NS(=O)(=O)c4cccc5cccnc45)cc3)CC2)c1. The number of para-hydroxylation sites is 1. The molecule has 5 rings (SSSR count). The molecule has 9 heteroatoms. The van der Waals surface area contributed by atoms with Crippen molar-refractivity contribution < 1.29 is 13.2 Å². The highest BCUT2D eigenvalue weighted by atomic mass is 32.2. The molecular formula is C27H27N5O3S. The molecule has 0 aliphatic carbocycles. The van der Waals surface area contributed by atoms with Gasteiger partial charge in [0.15, 0.2) is 0 Å². The van der Waals surface area contributed by atoms with Crippen molar-refractivity contribution in [1.82, 2.24) is 14.9 Å². The maximum absolute atomic E-state index is 13.1. The fourth-order valence-corrected chi connectivity index (χ4v) is 5.61. The Morgan fingerprint density at radius 1 is 0.972 bits per heavy atom. The third kappa shape index (κ3) is 4.87. The van der Waals surface area contributed by atoms with Crippen molar-refractivity contribution in [2.24, 2.45) is 0 Å². The van der Waals surface area contributed by atoms with Crippen LogP contribution in [0.25, 0.3) is 10.9 Å². The first kappa shape index (κ1) is 23.7. The van der Waals surface area contributed by atoms with E-state index in [-0.39, 0.29) is 10.8 Å². The minimum Gasteiger partial charge on any atom is -0.367 e. The highest BCUT2D eigenvalue weighted by molar-refractivity contribution is 7.93. The second-order valence-corrected chi connectivity index (χ2v) is 10.3. The van der Waals surface area contributed by atoms with E-state index < -0.39 is 10.0 Å².